The van der Waals surface area contributed by atoms with Crippen molar-refractivity contribution in [2.45, 2.75) is 50.8 Å². The molecule has 8 heteroatoms. The average molecular weight is 575 g/mol. The van der Waals surface area contributed by atoms with Crippen LogP contribution in [0.1, 0.15) is 43.7 Å². The predicted molar refractivity (Wildman–Crippen MR) is 165 cm³/mol. The van der Waals surface area contributed by atoms with Gasteiger partial charge < -0.3 is 29.2 Å². The zero-order chi connectivity index (χ0) is 28.8. The number of amides is 1. The van der Waals surface area contributed by atoms with Gasteiger partial charge in [0.2, 0.25) is 0 Å². The lowest BCUT2D eigenvalue weighted by molar-refractivity contribution is -0.129. The number of benzene rings is 3. The summed E-state index contributed by atoms with van der Waals surface area (Å²) < 4.78 is 22.6. The van der Waals surface area contributed by atoms with E-state index in [4.69, 9.17) is 18.9 Å². The number of ether oxygens (including phenoxy) is 4. The molecule has 1 aliphatic carbocycles. The minimum atomic E-state index is -0.163. The number of rotatable bonds is 10. The van der Waals surface area contributed by atoms with Crippen LogP contribution in [0.3, 0.4) is 0 Å². The molecular weight excluding hydrogens is 536 g/mol. The first-order chi connectivity index (χ1) is 20.0. The Morgan fingerprint density at radius 2 is 1.66 bits per heavy atom. The number of nitrogens with one attached hydrogen (secondary N) is 1. The van der Waals surface area contributed by atoms with Crippen molar-refractivity contribution in [3.8, 4) is 23.0 Å². The third-order valence-electron chi connectivity index (χ3n) is 7.78. The second-order valence-electron chi connectivity index (χ2n) is 10.4. The molecule has 2 aliphatic rings. The molecule has 1 amide bonds. The van der Waals surface area contributed by atoms with Crippen molar-refractivity contribution in [1.82, 2.24) is 4.90 Å². The van der Waals surface area contributed by atoms with E-state index in [9.17, 15) is 4.79 Å². The van der Waals surface area contributed by atoms with Crippen LogP contribution < -0.4 is 24.3 Å². The van der Waals surface area contributed by atoms with Crippen molar-refractivity contribution < 1.29 is 23.7 Å². The molecular formula is C33H38N2O5S. The molecule has 1 N–H and O–H groups in total. The summed E-state index contributed by atoms with van der Waals surface area (Å²) in [6.07, 6.45) is 6.52. The highest BCUT2D eigenvalue weighted by Crippen LogP contribution is 2.42. The van der Waals surface area contributed by atoms with Crippen LogP contribution in [0.5, 0.6) is 23.0 Å². The Bertz CT molecular complexity index is 1380. The lowest BCUT2D eigenvalue weighted by atomic mass is 9.85. The van der Waals surface area contributed by atoms with Gasteiger partial charge in [0.05, 0.1) is 26.2 Å². The number of anilines is 1. The second kappa shape index (κ2) is 13.3. The number of thioether (sulfide) groups is 1. The van der Waals surface area contributed by atoms with E-state index in [0.717, 1.165) is 47.6 Å². The maximum Gasteiger partial charge on any atom is 0.262 e. The van der Waals surface area contributed by atoms with Crippen LogP contribution in [0.15, 0.2) is 71.6 Å². The van der Waals surface area contributed by atoms with Gasteiger partial charge >= 0.3 is 0 Å². The lowest BCUT2D eigenvalue weighted by Gasteiger charge is -2.39. The largest absolute Gasteiger partial charge is 0.497 e. The summed E-state index contributed by atoms with van der Waals surface area (Å²) in [4.78, 5) is 16.7. The maximum absolute atomic E-state index is 13.9. The molecule has 3 aromatic rings. The van der Waals surface area contributed by atoms with Crippen LogP contribution in [0, 0.1) is 5.92 Å². The summed E-state index contributed by atoms with van der Waals surface area (Å²) >= 11 is 1.57. The van der Waals surface area contributed by atoms with E-state index in [0.29, 0.717) is 22.3 Å². The summed E-state index contributed by atoms with van der Waals surface area (Å²) in [5.74, 6) is 3.19. The minimum absolute atomic E-state index is 0.0756. The van der Waals surface area contributed by atoms with Crippen molar-refractivity contribution in [2.24, 2.45) is 5.92 Å². The lowest BCUT2D eigenvalue weighted by Crippen LogP contribution is -2.48. The molecule has 1 saturated carbocycles. The van der Waals surface area contributed by atoms with E-state index < -0.39 is 0 Å². The smallest absolute Gasteiger partial charge is 0.262 e. The molecule has 2 fully saturated rings. The van der Waals surface area contributed by atoms with Crippen LogP contribution in [0.25, 0.3) is 6.08 Å². The van der Waals surface area contributed by atoms with Gasteiger partial charge in [-0.15, -0.1) is 0 Å². The fraction of sp³-hybridized carbons (Fsp3) is 0.364. The SMILES string of the molecule is COc1ccc(OC)c(COc2ccc(/C=C3\SC(Nc4ccccc4)N([C@H]4CCCC[C@H]4C)C3=O)cc2OC)c1. The molecule has 5 rings (SSSR count). The molecule has 216 valence electrons. The van der Waals surface area contributed by atoms with E-state index >= 15 is 0 Å². The standard InChI is InChI=1S/C33H38N2O5S/c1-22-10-8-9-13-27(22)35-32(36)31(41-33(35)34-25-11-6-5-7-12-25)19-23-14-16-29(30(18-23)39-4)40-21-24-20-26(37-2)15-17-28(24)38-3/h5-7,11-12,14-20,22,27,33-34H,8-10,13,21H2,1-4H3/b31-19-/t22-,27+,33?/m1/s1. The Balaban J connectivity index is 1.37. The highest BCUT2D eigenvalue weighted by atomic mass is 32.2. The van der Waals surface area contributed by atoms with Crippen LogP contribution in [0.2, 0.25) is 0 Å². The zero-order valence-electron chi connectivity index (χ0n) is 24.1. The topological polar surface area (TPSA) is 69.3 Å². The summed E-state index contributed by atoms with van der Waals surface area (Å²) in [7, 11) is 4.88. The van der Waals surface area contributed by atoms with E-state index in [1.54, 1.807) is 33.1 Å². The van der Waals surface area contributed by atoms with E-state index in [1.807, 2.05) is 72.8 Å². The van der Waals surface area contributed by atoms with Crippen molar-refractivity contribution in [2.75, 3.05) is 26.6 Å². The molecule has 1 unspecified atom stereocenters. The Morgan fingerprint density at radius 3 is 2.39 bits per heavy atom. The Hall–Kier alpha value is -3.78. The molecule has 0 bridgehead atoms. The van der Waals surface area contributed by atoms with Crippen LogP contribution in [-0.2, 0) is 11.4 Å². The van der Waals surface area contributed by atoms with Crippen molar-refractivity contribution in [1.29, 1.82) is 0 Å². The van der Waals surface area contributed by atoms with Crippen LogP contribution in [-0.4, -0.2) is 43.7 Å². The van der Waals surface area contributed by atoms with Crippen LogP contribution >= 0.6 is 11.8 Å². The molecule has 3 aromatic carbocycles. The van der Waals surface area contributed by atoms with Gasteiger partial charge in [-0.1, -0.05) is 55.8 Å². The first-order valence-electron chi connectivity index (χ1n) is 14.0. The first-order valence-corrected chi connectivity index (χ1v) is 14.9. The quantitative estimate of drug-likeness (QED) is 0.257. The molecule has 0 spiro atoms. The number of hydrogen-bond donors (Lipinski definition) is 1. The van der Waals surface area contributed by atoms with Crippen molar-refractivity contribution in [3.05, 3.63) is 82.8 Å². The summed E-state index contributed by atoms with van der Waals surface area (Å²) in [5.41, 5.74) is 2.58. The Labute approximate surface area is 246 Å². The molecule has 0 aromatic heterocycles. The van der Waals surface area contributed by atoms with Gasteiger partial charge in [-0.3, -0.25) is 4.79 Å². The number of carbonyl (C=O) groups excluding carboxylic acids is 1. The third kappa shape index (κ3) is 6.59. The molecule has 1 saturated heterocycles. The Morgan fingerprint density at radius 1 is 0.902 bits per heavy atom. The van der Waals surface area contributed by atoms with Crippen LogP contribution in [0.4, 0.5) is 5.69 Å². The Kier molecular flexibility index (Phi) is 9.29. The van der Waals surface area contributed by atoms with Crippen molar-refractivity contribution >= 4 is 29.4 Å². The average Bonchev–Trinajstić information content (AvgIpc) is 3.30. The number of hydrogen-bond acceptors (Lipinski definition) is 7. The number of para-hydroxylation sites is 1. The second-order valence-corrected chi connectivity index (χ2v) is 11.5. The summed E-state index contributed by atoms with van der Waals surface area (Å²) in [6.45, 7) is 2.56. The third-order valence-corrected chi connectivity index (χ3v) is 8.89. The number of carbonyl (C=O) groups is 1. The fourth-order valence-corrected chi connectivity index (χ4v) is 6.77. The van der Waals surface area contributed by atoms with E-state index in [2.05, 4.69) is 17.1 Å². The van der Waals surface area contributed by atoms with E-state index in [-0.39, 0.29) is 24.1 Å². The predicted octanol–water partition coefficient (Wildman–Crippen LogP) is 7.18. The number of nitrogens with zero attached hydrogens (tertiary/aromatic N) is 1. The molecule has 0 radical (unpaired) electrons. The monoisotopic (exact) mass is 574 g/mol. The zero-order valence-corrected chi connectivity index (χ0v) is 24.9. The molecule has 1 heterocycles. The minimum Gasteiger partial charge on any atom is -0.497 e. The maximum atomic E-state index is 13.9. The van der Waals surface area contributed by atoms with Gasteiger partial charge in [-0.25, -0.2) is 0 Å². The normalized spacial score (nSPS) is 21.6. The van der Waals surface area contributed by atoms with Gasteiger partial charge in [-0.05, 0) is 72.9 Å². The highest BCUT2D eigenvalue weighted by molar-refractivity contribution is 8.05. The van der Waals surface area contributed by atoms with Gasteiger partial charge in [0.1, 0.15) is 18.1 Å². The van der Waals surface area contributed by atoms with Crippen molar-refractivity contribution in [3.63, 3.8) is 0 Å². The highest BCUT2D eigenvalue weighted by Gasteiger charge is 2.42. The molecule has 41 heavy (non-hydrogen) atoms. The molecule has 7 nitrogen and oxygen atoms in total. The van der Waals surface area contributed by atoms with E-state index in [1.165, 1.54) is 6.42 Å². The summed E-state index contributed by atoms with van der Waals surface area (Å²) in [5, 5.41) is 3.60. The van der Waals surface area contributed by atoms with Gasteiger partial charge in [0.15, 0.2) is 17.0 Å². The summed E-state index contributed by atoms with van der Waals surface area (Å²) in [6, 6.07) is 21.7. The molecule has 3 atom stereocenters. The fourth-order valence-electron chi connectivity index (χ4n) is 5.56. The van der Waals surface area contributed by atoms with Gasteiger partial charge in [0, 0.05) is 17.3 Å². The molecule has 1 aliphatic heterocycles. The number of methoxy groups -OCH3 is 3. The van der Waals surface area contributed by atoms with Gasteiger partial charge in [-0.2, -0.15) is 0 Å². The first kappa shape index (κ1) is 28.7. The van der Waals surface area contributed by atoms with Gasteiger partial charge in [0.25, 0.3) is 5.91 Å².